The third-order valence-electron chi connectivity index (χ3n) is 3.97. The molecule has 0 bridgehead atoms. The molecule has 0 saturated carbocycles. The van der Waals surface area contributed by atoms with Crippen molar-refractivity contribution in [3.63, 3.8) is 0 Å². The van der Waals surface area contributed by atoms with Crippen molar-refractivity contribution in [3.8, 4) is 0 Å². The maximum Gasteiger partial charge on any atom is 0.0333 e. The van der Waals surface area contributed by atoms with E-state index in [9.17, 15) is 0 Å². The fourth-order valence-corrected chi connectivity index (χ4v) is 2.68. The molecule has 2 N–H and O–H groups in total. The molecule has 0 aromatic heterocycles. The van der Waals surface area contributed by atoms with Gasteiger partial charge in [0.05, 0.1) is 0 Å². The highest BCUT2D eigenvalue weighted by Crippen LogP contribution is 2.20. The first-order valence-electron chi connectivity index (χ1n) is 7.61. The molecule has 2 unspecified atom stereocenters. The molecule has 0 amide bonds. The second-order valence-electron chi connectivity index (χ2n) is 6.10. The average molecular weight is 282 g/mol. The van der Waals surface area contributed by atoms with Crippen molar-refractivity contribution in [3.05, 3.63) is 71.3 Å². The van der Waals surface area contributed by atoms with Gasteiger partial charge in [0, 0.05) is 19.1 Å². The summed E-state index contributed by atoms with van der Waals surface area (Å²) in [5, 5.41) is 0. The van der Waals surface area contributed by atoms with Gasteiger partial charge in [-0.1, -0.05) is 67.1 Å². The monoisotopic (exact) mass is 282 g/mol. The van der Waals surface area contributed by atoms with Gasteiger partial charge in [-0.25, -0.2) is 0 Å². The Morgan fingerprint density at radius 2 is 1.62 bits per heavy atom. The highest BCUT2D eigenvalue weighted by molar-refractivity contribution is 5.21. The number of aryl methyl sites for hydroxylation is 1. The average Bonchev–Trinajstić information content (AvgIpc) is 2.49. The Balaban J connectivity index is 1.89. The molecule has 2 atom stereocenters. The SMILES string of the molecule is Cc1ccc(CN(C)CC(C)C(N)c2ccccc2)cc1. The minimum absolute atomic E-state index is 0.0895. The van der Waals surface area contributed by atoms with E-state index in [2.05, 4.69) is 74.3 Å². The smallest absolute Gasteiger partial charge is 0.0333 e. The molecule has 21 heavy (non-hydrogen) atoms. The van der Waals surface area contributed by atoms with E-state index >= 15 is 0 Å². The van der Waals surface area contributed by atoms with Crippen LogP contribution in [0.1, 0.15) is 29.7 Å². The second-order valence-corrected chi connectivity index (χ2v) is 6.10. The highest BCUT2D eigenvalue weighted by atomic mass is 15.1. The molecule has 2 nitrogen and oxygen atoms in total. The predicted molar refractivity (Wildman–Crippen MR) is 90.0 cm³/mol. The number of nitrogens with two attached hydrogens (primary N) is 1. The molecule has 2 aromatic rings. The summed E-state index contributed by atoms with van der Waals surface area (Å²) in [4.78, 5) is 2.35. The van der Waals surface area contributed by atoms with Gasteiger partial charge in [-0.3, -0.25) is 0 Å². The van der Waals surface area contributed by atoms with Crippen LogP contribution in [-0.2, 0) is 6.54 Å². The summed E-state index contributed by atoms with van der Waals surface area (Å²) in [6, 6.07) is 19.2. The zero-order valence-electron chi connectivity index (χ0n) is 13.3. The molecule has 0 radical (unpaired) electrons. The molecular formula is C19H26N2. The number of rotatable bonds is 6. The predicted octanol–water partition coefficient (Wildman–Crippen LogP) is 3.76. The van der Waals surface area contributed by atoms with Crippen LogP contribution in [0.5, 0.6) is 0 Å². The zero-order valence-corrected chi connectivity index (χ0v) is 13.3. The highest BCUT2D eigenvalue weighted by Gasteiger charge is 2.16. The Morgan fingerprint density at radius 3 is 2.24 bits per heavy atom. The molecular weight excluding hydrogens is 256 g/mol. The number of benzene rings is 2. The Labute approximate surface area is 128 Å². The van der Waals surface area contributed by atoms with Crippen molar-refractivity contribution in [2.45, 2.75) is 26.4 Å². The molecule has 0 fully saturated rings. The zero-order chi connectivity index (χ0) is 15.2. The largest absolute Gasteiger partial charge is 0.324 e. The molecule has 0 heterocycles. The first-order chi connectivity index (χ1) is 10.1. The Kier molecular flexibility index (Phi) is 5.54. The standard InChI is InChI=1S/C19H26N2/c1-15-9-11-17(12-10-15)14-21(3)13-16(2)19(20)18-7-5-4-6-8-18/h4-12,16,19H,13-14,20H2,1-3H3. The minimum Gasteiger partial charge on any atom is -0.324 e. The van der Waals surface area contributed by atoms with E-state index in [0.29, 0.717) is 5.92 Å². The Hall–Kier alpha value is -1.64. The third-order valence-corrected chi connectivity index (χ3v) is 3.97. The lowest BCUT2D eigenvalue weighted by Crippen LogP contribution is -2.30. The second kappa shape index (κ2) is 7.39. The topological polar surface area (TPSA) is 29.3 Å². The molecule has 0 spiro atoms. The van der Waals surface area contributed by atoms with E-state index in [1.165, 1.54) is 16.7 Å². The summed E-state index contributed by atoms with van der Waals surface area (Å²) in [6.45, 7) is 6.30. The van der Waals surface area contributed by atoms with Gasteiger partial charge in [-0.05, 0) is 31.0 Å². The molecule has 112 valence electrons. The van der Waals surface area contributed by atoms with Crippen LogP contribution in [0.2, 0.25) is 0 Å². The number of hydrogen-bond acceptors (Lipinski definition) is 2. The van der Waals surface area contributed by atoms with Crippen LogP contribution in [0.4, 0.5) is 0 Å². The van der Waals surface area contributed by atoms with Crippen molar-refractivity contribution in [1.82, 2.24) is 4.90 Å². The fraction of sp³-hybridized carbons (Fsp3) is 0.368. The number of hydrogen-bond donors (Lipinski definition) is 1. The van der Waals surface area contributed by atoms with Gasteiger partial charge >= 0.3 is 0 Å². The van der Waals surface area contributed by atoms with Crippen molar-refractivity contribution < 1.29 is 0 Å². The van der Waals surface area contributed by atoms with Crippen LogP contribution in [-0.4, -0.2) is 18.5 Å². The third kappa shape index (κ3) is 4.69. The summed E-state index contributed by atoms with van der Waals surface area (Å²) >= 11 is 0. The van der Waals surface area contributed by atoms with E-state index in [4.69, 9.17) is 5.73 Å². The van der Waals surface area contributed by atoms with Gasteiger partial charge in [0.2, 0.25) is 0 Å². The van der Waals surface area contributed by atoms with Crippen LogP contribution in [0, 0.1) is 12.8 Å². The van der Waals surface area contributed by atoms with Crippen molar-refractivity contribution in [2.75, 3.05) is 13.6 Å². The fourth-order valence-electron chi connectivity index (χ4n) is 2.68. The van der Waals surface area contributed by atoms with E-state index in [1.807, 2.05) is 6.07 Å². The van der Waals surface area contributed by atoms with E-state index in [-0.39, 0.29) is 6.04 Å². The molecule has 0 aliphatic heterocycles. The lowest BCUT2D eigenvalue weighted by Gasteiger charge is -2.26. The molecule has 0 aliphatic rings. The van der Waals surface area contributed by atoms with Crippen molar-refractivity contribution >= 4 is 0 Å². The van der Waals surface area contributed by atoms with Crippen LogP contribution in [0.25, 0.3) is 0 Å². The van der Waals surface area contributed by atoms with Crippen molar-refractivity contribution in [1.29, 1.82) is 0 Å². The van der Waals surface area contributed by atoms with Gasteiger partial charge < -0.3 is 10.6 Å². The van der Waals surface area contributed by atoms with E-state index in [1.54, 1.807) is 0 Å². The molecule has 2 heteroatoms. The lowest BCUT2D eigenvalue weighted by molar-refractivity contribution is 0.258. The molecule has 0 saturated heterocycles. The first kappa shape index (κ1) is 15.7. The molecule has 2 rings (SSSR count). The summed E-state index contributed by atoms with van der Waals surface area (Å²) in [5.41, 5.74) is 10.2. The quantitative estimate of drug-likeness (QED) is 0.874. The van der Waals surface area contributed by atoms with E-state index < -0.39 is 0 Å². The van der Waals surface area contributed by atoms with Crippen molar-refractivity contribution in [2.24, 2.45) is 11.7 Å². The summed E-state index contributed by atoms with van der Waals surface area (Å²) in [7, 11) is 2.16. The maximum atomic E-state index is 6.37. The van der Waals surface area contributed by atoms with E-state index in [0.717, 1.165) is 13.1 Å². The van der Waals surface area contributed by atoms with Crippen LogP contribution in [0.3, 0.4) is 0 Å². The Morgan fingerprint density at radius 1 is 1.00 bits per heavy atom. The molecule has 0 aliphatic carbocycles. The van der Waals surface area contributed by atoms with Crippen LogP contribution >= 0.6 is 0 Å². The van der Waals surface area contributed by atoms with Gasteiger partial charge in [0.1, 0.15) is 0 Å². The summed E-state index contributed by atoms with van der Waals surface area (Å²) in [6.07, 6.45) is 0. The summed E-state index contributed by atoms with van der Waals surface area (Å²) < 4.78 is 0. The first-order valence-corrected chi connectivity index (χ1v) is 7.61. The number of nitrogens with zero attached hydrogens (tertiary/aromatic N) is 1. The Bertz CT molecular complexity index is 533. The lowest BCUT2D eigenvalue weighted by atomic mass is 9.95. The van der Waals surface area contributed by atoms with Gasteiger partial charge in [0.15, 0.2) is 0 Å². The van der Waals surface area contributed by atoms with Gasteiger partial charge in [0.25, 0.3) is 0 Å². The molecule has 2 aromatic carbocycles. The van der Waals surface area contributed by atoms with Crippen LogP contribution in [0.15, 0.2) is 54.6 Å². The van der Waals surface area contributed by atoms with Crippen LogP contribution < -0.4 is 5.73 Å². The normalized spacial score (nSPS) is 14.1. The van der Waals surface area contributed by atoms with Gasteiger partial charge in [-0.2, -0.15) is 0 Å². The maximum absolute atomic E-state index is 6.37. The van der Waals surface area contributed by atoms with Gasteiger partial charge in [-0.15, -0.1) is 0 Å². The summed E-state index contributed by atoms with van der Waals surface area (Å²) in [5.74, 6) is 0.419. The minimum atomic E-state index is 0.0895.